The number of nitrogens with zero attached hydrogens (tertiary/aromatic N) is 3. The quantitative estimate of drug-likeness (QED) is 0.291. The zero-order chi connectivity index (χ0) is 23.5. The van der Waals surface area contributed by atoms with Crippen LogP contribution in [0, 0.1) is 6.92 Å². The van der Waals surface area contributed by atoms with Crippen molar-refractivity contribution in [2.24, 2.45) is 5.10 Å². The number of carbonyl (C=O) groups excluding carboxylic acids is 1. The van der Waals surface area contributed by atoms with Gasteiger partial charge in [0.25, 0.3) is 11.5 Å². The standard InChI is InChI=1S/C23H19BrN4O4S/c1-13-3-5-15(6-4-13)16-11-33-22-20(16)23(31)28(12-25-22)10-19(29)27-26-9-14-7-17(24)21(30)18(8-14)32-2/h3-9,11-12,30H,10H2,1-2H3,(H,27,29)/b26-9-. The maximum Gasteiger partial charge on any atom is 0.263 e. The molecule has 0 atom stereocenters. The number of phenolic OH excluding ortho intramolecular Hbond substituents is 1. The van der Waals surface area contributed by atoms with Crippen molar-refractivity contribution in [2.45, 2.75) is 13.5 Å². The molecule has 0 spiro atoms. The molecule has 4 rings (SSSR count). The zero-order valence-corrected chi connectivity index (χ0v) is 20.1. The number of hydrogen-bond acceptors (Lipinski definition) is 7. The summed E-state index contributed by atoms with van der Waals surface area (Å²) in [5, 5.41) is 16.2. The van der Waals surface area contributed by atoms with Gasteiger partial charge in [0.2, 0.25) is 0 Å². The summed E-state index contributed by atoms with van der Waals surface area (Å²) >= 11 is 4.62. The third-order valence-corrected chi connectivity index (χ3v) is 6.40. The SMILES string of the molecule is COc1cc(/C=N\NC(=O)Cn2cnc3scc(-c4ccc(C)cc4)c3c2=O)cc(Br)c1O. The number of aromatic nitrogens is 2. The summed E-state index contributed by atoms with van der Waals surface area (Å²) in [6.07, 6.45) is 2.77. The van der Waals surface area contributed by atoms with Crippen LogP contribution in [0.5, 0.6) is 11.5 Å². The Hall–Kier alpha value is -3.50. The summed E-state index contributed by atoms with van der Waals surface area (Å²) < 4.78 is 6.78. The van der Waals surface area contributed by atoms with Gasteiger partial charge in [0.05, 0.1) is 29.5 Å². The smallest absolute Gasteiger partial charge is 0.263 e. The van der Waals surface area contributed by atoms with E-state index in [0.29, 0.717) is 20.3 Å². The van der Waals surface area contributed by atoms with Gasteiger partial charge in [0.1, 0.15) is 11.4 Å². The van der Waals surface area contributed by atoms with Crippen LogP contribution >= 0.6 is 27.3 Å². The molecule has 1 amide bonds. The van der Waals surface area contributed by atoms with Crippen LogP contribution in [0.4, 0.5) is 0 Å². The number of phenols is 1. The summed E-state index contributed by atoms with van der Waals surface area (Å²) in [6, 6.07) is 11.1. The molecule has 0 saturated heterocycles. The largest absolute Gasteiger partial charge is 0.503 e. The predicted octanol–water partition coefficient (Wildman–Crippen LogP) is 4.06. The van der Waals surface area contributed by atoms with Crippen LogP contribution in [0.15, 0.2) is 62.5 Å². The van der Waals surface area contributed by atoms with Crippen LogP contribution in [0.3, 0.4) is 0 Å². The normalized spacial score (nSPS) is 11.2. The Bertz CT molecular complexity index is 1430. The number of methoxy groups -OCH3 is 1. The lowest BCUT2D eigenvalue weighted by Crippen LogP contribution is -2.30. The van der Waals surface area contributed by atoms with Gasteiger partial charge in [-0.1, -0.05) is 29.8 Å². The third-order valence-electron chi connectivity index (χ3n) is 4.91. The van der Waals surface area contributed by atoms with Gasteiger partial charge < -0.3 is 9.84 Å². The zero-order valence-electron chi connectivity index (χ0n) is 17.7. The number of halogens is 1. The van der Waals surface area contributed by atoms with Crippen molar-refractivity contribution in [3.63, 3.8) is 0 Å². The van der Waals surface area contributed by atoms with Crippen LogP contribution < -0.4 is 15.7 Å². The van der Waals surface area contributed by atoms with Gasteiger partial charge in [-0.15, -0.1) is 11.3 Å². The Morgan fingerprint density at radius 3 is 2.82 bits per heavy atom. The molecule has 0 radical (unpaired) electrons. The van der Waals surface area contributed by atoms with Crippen LogP contribution in [0.2, 0.25) is 0 Å². The first-order valence-corrected chi connectivity index (χ1v) is 11.5. The lowest BCUT2D eigenvalue weighted by atomic mass is 10.1. The second-order valence-electron chi connectivity index (χ2n) is 7.22. The Morgan fingerprint density at radius 1 is 1.33 bits per heavy atom. The van der Waals surface area contributed by atoms with Gasteiger partial charge >= 0.3 is 0 Å². The number of rotatable bonds is 6. The molecular weight excluding hydrogens is 508 g/mol. The van der Waals surface area contributed by atoms with Crippen molar-refractivity contribution in [1.29, 1.82) is 0 Å². The summed E-state index contributed by atoms with van der Waals surface area (Å²) in [4.78, 5) is 30.4. The number of aromatic hydroxyl groups is 1. The molecule has 0 unspecified atom stereocenters. The average molecular weight is 527 g/mol. The van der Waals surface area contributed by atoms with Gasteiger partial charge in [0, 0.05) is 10.9 Å². The maximum absolute atomic E-state index is 13.1. The molecule has 0 aliphatic carbocycles. The van der Waals surface area contributed by atoms with E-state index in [9.17, 15) is 14.7 Å². The van der Waals surface area contributed by atoms with E-state index in [4.69, 9.17) is 4.74 Å². The molecule has 2 aromatic heterocycles. The molecule has 10 heteroatoms. The molecule has 168 valence electrons. The van der Waals surface area contributed by atoms with E-state index in [-0.39, 0.29) is 23.6 Å². The second kappa shape index (κ2) is 9.55. The molecule has 2 N–H and O–H groups in total. The predicted molar refractivity (Wildman–Crippen MR) is 132 cm³/mol. The van der Waals surface area contributed by atoms with Crippen molar-refractivity contribution >= 4 is 49.6 Å². The Morgan fingerprint density at radius 2 is 2.09 bits per heavy atom. The van der Waals surface area contributed by atoms with Crippen LogP contribution in [-0.4, -0.2) is 33.9 Å². The Labute approximate surface area is 201 Å². The van der Waals surface area contributed by atoms with E-state index < -0.39 is 5.91 Å². The molecule has 0 aliphatic heterocycles. The third kappa shape index (κ3) is 4.81. The van der Waals surface area contributed by atoms with Gasteiger partial charge in [-0.2, -0.15) is 5.10 Å². The minimum Gasteiger partial charge on any atom is -0.503 e. The summed E-state index contributed by atoms with van der Waals surface area (Å²) in [6.45, 7) is 1.77. The number of aryl methyl sites for hydroxylation is 1. The number of hydrogen-bond donors (Lipinski definition) is 2. The van der Waals surface area contributed by atoms with E-state index in [1.165, 1.54) is 35.6 Å². The monoisotopic (exact) mass is 526 g/mol. The Kier molecular flexibility index (Phi) is 6.57. The highest BCUT2D eigenvalue weighted by molar-refractivity contribution is 9.10. The molecule has 0 saturated carbocycles. The fraction of sp³-hybridized carbons (Fsp3) is 0.130. The number of thiophene rings is 1. The highest BCUT2D eigenvalue weighted by Crippen LogP contribution is 2.34. The first-order chi connectivity index (χ1) is 15.9. The van der Waals surface area contributed by atoms with Gasteiger partial charge in [0.15, 0.2) is 11.5 Å². The first kappa shape index (κ1) is 22.7. The van der Waals surface area contributed by atoms with E-state index in [0.717, 1.165) is 16.7 Å². The molecule has 4 aromatic rings. The fourth-order valence-electron chi connectivity index (χ4n) is 3.22. The van der Waals surface area contributed by atoms with Crippen LogP contribution in [0.25, 0.3) is 21.3 Å². The summed E-state index contributed by atoms with van der Waals surface area (Å²) in [5.74, 6) is -0.242. The molecule has 0 bridgehead atoms. The van der Waals surface area contributed by atoms with Crippen molar-refractivity contribution < 1.29 is 14.6 Å². The fourth-order valence-corrected chi connectivity index (χ4v) is 4.58. The maximum atomic E-state index is 13.1. The second-order valence-corrected chi connectivity index (χ2v) is 8.93. The Balaban J connectivity index is 1.53. The minimum absolute atomic E-state index is 0.0283. The number of carbonyl (C=O) groups is 1. The molecule has 0 aliphatic rings. The van der Waals surface area contributed by atoms with Crippen molar-refractivity contribution in [2.75, 3.05) is 7.11 Å². The van der Waals surface area contributed by atoms with Crippen molar-refractivity contribution in [1.82, 2.24) is 15.0 Å². The van der Waals surface area contributed by atoms with E-state index >= 15 is 0 Å². The number of amides is 1. The van der Waals surface area contributed by atoms with Crippen LogP contribution in [0.1, 0.15) is 11.1 Å². The number of fused-ring (bicyclic) bond motifs is 1. The van der Waals surface area contributed by atoms with E-state index in [1.54, 1.807) is 12.1 Å². The summed E-state index contributed by atoms with van der Waals surface area (Å²) in [5.41, 5.74) is 5.56. The van der Waals surface area contributed by atoms with Crippen molar-refractivity contribution in [3.8, 4) is 22.6 Å². The minimum atomic E-state index is -0.480. The molecule has 33 heavy (non-hydrogen) atoms. The molecule has 2 aromatic carbocycles. The number of hydrazone groups is 1. The van der Waals surface area contributed by atoms with Gasteiger partial charge in [-0.25, -0.2) is 10.4 Å². The summed E-state index contributed by atoms with van der Waals surface area (Å²) in [7, 11) is 1.44. The molecule has 2 heterocycles. The topological polar surface area (TPSA) is 106 Å². The van der Waals surface area contributed by atoms with E-state index in [1.807, 2.05) is 36.6 Å². The van der Waals surface area contributed by atoms with Gasteiger partial charge in [-0.3, -0.25) is 14.2 Å². The lowest BCUT2D eigenvalue weighted by Gasteiger charge is -2.07. The number of benzene rings is 2. The average Bonchev–Trinajstić information content (AvgIpc) is 3.23. The number of nitrogens with one attached hydrogen (secondary N) is 1. The molecular formula is C23H19BrN4O4S. The van der Waals surface area contributed by atoms with Crippen LogP contribution in [-0.2, 0) is 11.3 Å². The lowest BCUT2D eigenvalue weighted by molar-refractivity contribution is -0.121. The first-order valence-electron chi connectivity index (χ1n) is 9.79. The highest BCUT2D eigenvalue weighted by Gasteiger charge is 2.14. The van der Waals surface area contributed by atoms with E-state index in [2.05, 4.69) is 31.4 Å². The van der Waals surface area contributed by atoms with Gasteiger partial charge in [-0.05, 0) is 46.1 Å². The molecule has 0 fully saturated rings. The van der Waals surface area contributed by atoms with Crippen molar-refractivity contribution in [3.05, 3.63) is 74.1 Å². The highest BCUT2D eigenvalue weighted by atomic mass is 79.9. The number of ether oxygens (including phenoxy) is 1. The molecule has 8 nitrogen and oxygen atoms in total.